The van der Waals surface area contributed by atoms with Crippen LogP contribution in [0, 0.1) is 0 Å². The maximum Gasteiger partial charge on any atom is 1.00 e. The fourth-order valence-electron chi connectivity index (χ4n) is 0. The van der Waals surface area contributed by atoms with Crippen LogP contribution >= 0.6 is 9.90 Å². The molecule has 4 nitrogen and oxygen atoms in total. The van der Waals surface area contributed by atoms with E-state index in [1.807, 2.05) is 0 Å². The van der Waals surface area contributed by atoms with Crippen molar-refractivity contribution in [2.75, 3.05) is 0 Å². The van der Waals surface area contributed by atoms with Gasteiger partial charge >= 0.3 is 60.4 Å². The van der Waals surface area contributed by atoms with Gasteiger partial charge in [0.15, 0.2) is 0 Å². The van der Waals surface area contributed by atoms with Crippen LogP contribution in [0.25, 0.3) is 0 Å². The number of hydrogen-bond acceptors (Lipinski definition) is 4. The summed E-state index contributed by atoms with van der Waals surface area (Å²) in [5.41, 5.74) is 0. The SMILES string of the molecule is P.[K+].[O-][Si](O)(O)O. The van der Waals surface area contributed by atoms with Crippen LogP contribution < -0.4 is 56.2 Å². The minimum atomic E-state index is -4.86. The van der Waals surface area contributed by atoms with Crippen LogP contribution in [0.3, 0.4) is 0 Å². The third-order valence-corrected chi connectivity index (χ3v) is 0. The molecule has 0 amide bonds. The maximum absolute atomic E-state index is 8.91. The molecule has 0 rings (SSSR count). The molecular formula is H6KO4PSi. The summed E-state index contributed by atoms with van der Waals surface area (Å²) in [6.45, 7) is 0. The van der Waals surface area contributed by atoms with Crippen molar-refractivity contribution in [1.82, 2.24) is 0 Å². The molecule has 0 bridgehead atoms. The Morgan fingerprint density at radius 1 is 1.14 bits per heavy atom. The van der Waals surface area contributed by atoms with E-state index in [9.17, 15) is 0 Å². The first kappa shape index (κ1) is 16.1. The van der Waals surface area contributed by atoms with Gasteiger partial charge in [-0.3, -0.25) is 0 Å². The summed E-state index contributed by atoms with van der Waals surface area (Å²) in [4.78, 5) is 30.6. The fourth-order valence-corrected chi connectivity index (χ4v) is 0. The van der Waals surface area contributed by atoms with Gasteiger partial charge in [-0.15, -0.1) is 0 Å². The topological polar surface area (TPSA) is 83.8 Å². The Bertz CT molecular complexity index is 27.2. The molecular weight excluding hydrogens is 162 g/mol. The predicted molar refractivity (Wildman–Crippen MR) is 23.5 cm³/mol. The van der Waals surface area contributed by atoms with Gasteiger partial charge in [0.1, 0.15) is 0 Å². The van der Waals surface area contributed by atoms with Gasteiger partial charge in [0, 0.05) is 0 Å². The summed E-state index contributed by atoms with van der Waals surface area (Å²) in [5.74, 6) is 0. The summed E-state index contributed by atoms with van der Waals surface area (Å²) < 4.78 is 0. The van der Waals surface area contributed by atoms with Crippen LogP contribution in [0.4, 0.5) is 0 Å². The van der Waals surface area contributed by atoms with Crippen LogP contribution in [0.2, 0.25) is 0 Å². The van der Waals surface area contributed by atoms with Crippen molar-refractivity contribution in [2.24, 2.45) is 0 Å². The van der Waals surface area contributed by atoms with Crippen molar-refractivity contribution in [2.45, 2.75) is 0 Å². The number of rotatable bonds is 0. The molecule has 0 heterocycles. The second-order valence-electron chi connectivity index (χ2n) is 0.574. The van der Waals surface area contributed by atoms with Crippen LogP contribution in [0.15, 0.2) is 0 Å². The van der Waals surface area contributed by atoms with Crippen LogP contribution in [0.1, 0.15) is 0 Å². The van der Waals surface area contributed by atoms with Crippen LogP contribution in [-0.4, -0.2) is 23.4 Å². The zero-order valence-corrected chi connectivity index (χ0v) is 9.49. The molecule has 0 spiro atoms. The normalized spacial score (nSPS) is 8.57. The maximum atomic E-state index is 8.91. The summed E-state index contributed by atoms with van der Waals surface area (Å²) in [6, 6.07) is 0. The monoisotopic (exact) mass is 168 g/mol. The smallest absolute Gasteiger partial charge is 0.794 e. The molecule has 1 atom stereocenters. The van der Waals surface area contributed by atoms with E-state index in [1.54, 1.807) is 0 Å². The first-order valence-corrected chi connectivity index (χ1v) is 2.62. The van der Waals surface area contributed by atoms with Gasteiger partial charge in [0.05, 0.1) is 0 Å². The molecule has 0 fully saturated rings. The van der Waals surface area contributed by atoms with E-state index in [0.717, 1.165) is 0 Å². The van der Waals surface area contributed by atoms with Gasteiger partial charge in [-0.25, -0.2) is 0 Å². The summed E-state index contributed by atoms with van der Waals surface area (Å²) in [7, 11) is -4.86. The predicted octanol–water partition coefficient (Wildman–Crippen LogP) is -6.18. The number of hydrogen-bond donors (Lipinski definition) is 3. The molecule has 0 aliphatic carbocycles. The van der Waals surface area contributed by atoms with E-state index in [1.165, 1.54) is 0 Å². The van der Waals surface area contributed by atoms with E-state index in [-0.39, 0.29) is 61.3 Å². The summed E-state index contributed by atoms with van der Waals surface area (Å²) >= 11 is 0. The van der Waals surface area contributed by atoms with E-state index < -0.39 is 9.05 Å². The van der Waals surface area contributed by atoms with Crippen molar-refractivity contribution in [3.63, 3.8) is 0 Å². The molecule has 7 heavy (non-hydrogen) atoms. The molecule has 0 saturated heterocycles. The third-order valence-electron chi connectivity index (χ3n) is 0. The van der Waals surface area contributed by atoms with Gasteiger partial charge in [-0.05, 0) is 0 Å². The molecule has 3 N–H and O–H groups in total. The molecule has 0 aromatic rings. The first-order valence-electron chi connectivity index (χ1n) is 0.875. The second kappa shape index (κ2) is 6.25. The minimum absolute atomic E-state index is 0. The molecule has 0 aliphatic rings. The molecule has 0 saturated carbocycles. The Morgan fingerprint density at radius 2 is 1.14 bits per heavy atom. The zero-order chi connectivity index (χ0) is 4.50. The molecule has 0 radical (unpaired) electrons. The van der Waals surface area contributed by atoms with E-state index in [2.05, 4.69) is 0 Å². The largest absolute Gasteiger partial charge is 1.00 e. The van der Waals surface area contributed by atoms with Gasteiger partial charge in [0.25, 0.3) is 0 Å². The zero-order valence-electron chi connectivity index (χ0n) is 3.96. The Labute approximate surface area is 88.1 Å². The molecule has 40 valence electrons. The van der Waals surface area contributed by atoms with Crippen molar-refractivity contribution in [3.8, 4) is 0 Å². The molecule has 1 unspecified atom stereocenters. The van der Waals surface area contributed by atoms with Crippen molar-refractivity contribution in [3.05, 3.63) is 0 Å². The van der Waals surface area contributed by atoms with E-state index >= 15 is 0 Å². The molecule has 0 aromatic carbocycles. The second-order valence-corrected chi connectivity index (χ2v) is 1.72. The Morgan fingerprint density at radius 3 is 1.14 bits per heavy atom. The Balaban J connectivity index is -0.0000000800. The summed E-state index contributed by atoms with van der Waals surface area (Å²) in [5, 5.41) is 0. The third kappa shape index (κ3) is 67.6. The quantitative estimate of drug-likeness (QED) is 0.248. The minimum Gasteiger partial charge on any atom is -0.794 e. The van der Waals surface area contributed by atoms with E-state index in [0.29, 0.717) is 0 Å². The molecule has 0 aliphatic heterocycles. The van der Waals surface area contributed by atoms with Crippen LogP contribution in [0.5, 0.6) is 0 Å². The van der Waals surface area contributed by atoms with Crippen molar-refractivity contribution >= 4 is 18.9 Å². The van der Waals surface area contributed by atoms with Crippen LogP contribution in [-0.2, 0) is 0 Å². The first-order chi connectivity index (χ1) is 2.00. The molecule has 0 aromatic heterocycles. The van der Waals surface area contributed by atoms with Crippen molar-refractivity contribution < 1.29 is 70.6 Å². The Kier molecular flexibility index (Phi) is 14.3. The molecule has 7 heteroatoms. The fraction of sp³-hybridized carbons (Fsp3) is 0. The van der Waals surface area contributed by atoms with Gasteiger partial charge < -0.3 is 19.2 Å². The Hall–Kier alpha value is 2.12. The standard InChI is InChI=1S/K.H3O4Si.H3P/c;1-5(2,3)4;/h;1-3H;1H3/q+1;-1;. The van der Waals surface area contributed by atoms with Gasteiger partial charge in [-0.2, -0.15) is 9.90 Å². The van der Waals surface area contributed by atoms with E-state index in [4.69, 9.17) is 19.2 Å². The van der Waals surface area contributed by atoms with Gasteiger partial charge in [0.2, 0.25) is 0 Å². The summed E-state index contributed by atoms with van der Waals surface area (Å²) in [6.07, 6.45) is 0. The van der Waals surface area contributed by atoms with Gasteiger partial charge in [-0.1, -0.05) is 0 Å². The van der Waals surface area contributed by atoms with Crippen molar-refractivity contribution in [1.29, 1.82) is 0 Å². The average molecular weight is 168 g/mol. The average Bonchev–Trinajstić information content (AvgIpc) is 0.722.